The van der Waals surface area contributed by atoms with Crippen LogP contribution in [0.25, 0.3) is 0 Å². The van der Waals surface area contributed by atoms with Crippen LogP contribution < -0.4 is 5.32 Å². The first-order chi connectivity index (χ1) is 8.64. The molecule has 1 heterocycles. The third kappa shape index (κ3) is 2.91. The lowest BCUT2D eigenvalue weighted by Gasteiger charge is -2.39. The Balaban J connectivity index is 1.95. The van der Waals surface area contributed by atoms with Crippen LogP contribution in [0.1, 0.15) is 25.3 Å². The van der Waals surface area contributed by atoms with Gasteiger partial charge in [0.25, 0.3) is 0 Å². The van der Waals surface area contributed by atoms with Gasteiger partial charge in [-0.2, -0.15) is 0 Å². The lowest BCUT2D eigenvalue weighted by Crippen LogP contribution is -2.44. The van der Waals surface area contributed by atoms with Crippen LogP contribution in [0.5, 0.6) is 0 Å². The highest BCUT2D eigenvalue weighted by Gasteiger charge is 2.31. The molecule has 1 saturated heterocycles. The third-order valence-electron chi connectivity index (χ3n) is 4.08. The van der Waals surface area contributed by atoms with Crippen molar-refractivity contribution in [3.8, 4) is 0 Å². The fourth-order valence-electron chi connectivity index (χ4n) is 2.62. The molecule has 3 nitrogen and oxygen atoms in total. The van der Waals surface area contributed by atoms with Gasteiger partial charge >= 0.3 is 0 Å². The van der Waals surface area contributed by atoms with Crippen molar-refractivity contribution in [2.45, 2.75) is 25.2 Å². The van der Waals surface area contributed by atoms with Gasteiger partial charge in [0.15, 0.2) is 0 Å². The van der Waals surface area contributed by atoms with Gasteiger partial charge in [0.1, 0.15) is 0 Å². The molecular formula is C15H22N2O. The number of carbonyl (C=O) groups is 1. The minimum Gasteiger partial charge on any atom is -0.358 e. The summed E-state index contributed by atoms with van der Waals surface area (Å²) in [6.45, 7) is 4.86. The molecule has 1 amide bonds. The minimum atomic E-state index is 0.110. The summed E-state index contributed by atoms with van der Waals surface area (Å²) in [6.07, 6.45) is 2.24. The number of benzene rings is 1. The zero-order chi connectivity index (χ0) is 13.0. The predicted molar refractivity (Wildman–Crippen MR) is 73.5 cm³/mol. The van der Waals surface area contributed by atoms with Gasteiger partial charge in [0.05, 0.1) is 6.54 Å². The van der Waals surface area contributed by atoms with Crippen molar-refractivity contribution in [2.75, 3.05) is 26.7 Å². The fraction of sp³-hybridized carbons (Fsp3) is 0.533. The van der Waals surface area contributed by atoms with Crippen LogP contribution in [0.15, 0.2) is 30.3 Å². The van der Waals surface area contributed by atoms with Crippen LogP contribution in [-0.4, -0.2) is 37.5 Å². The second-order valence-electron chi connectivity index (χ2n) is 5.38. The summed E-state index contributed by atoms with van der Waals surface area (Å²) in [5, 5.41) is 2.68. The molecule has 0 atom stereocenters. The normalized spacial score (nSPS) is 19.4. The molecule has 2 rings (SSSR count). The van der Waals surface area contributed by atoms with E-state index in [9.17, 15) is 4.79 Å². The van der Waals surface area contributed by atoms with Crippen molar-refractivity contribution in [3.05, 3.63) is 35.9 Å². The molecule has 1 N–H and O–H groups in total. The van der Waals surface area contributed by atoms with Gasteiger partial charge in [-0.1, -0.05) is 37.3 Å². The Kier molecular flexibility index (Phi) is 4.02. The Morgan fingerprint density at radius 2 is 1.89 bits per heavy atom. The number of likely N-dealkylation sites (tertiary alicyclic amines) is 1. The summed E-state index contributed by atoms with van der Waals surface area (Å²) in [5.41, 5.74) is 1.69. The summed E-state index contributed by atoms with van der Waals surface area (Å²) < 4.78 is 0. The number of hydrogen-bond donors (Lipinski definition) is 1. The molecule has 1 fully saturated rings. The van der Waals surface area contributed by atoms with Gasteiger partial charge in [-0.3, -0.25) is 9.69 Å². The van der Waals surface area contributed by atoms with Crippen molar-refractivity contribution in [1.29, 1.82) is 0 Å². The van der Waals surface area contributed by atoms with E-state index in [1.54, 1.807) is 7.05 Å². The average Bonchev–Trinajstić information content (AvgIpc) is 2.42. The summed E-state index contributed by atoms with van der Waals surface area (Å²) in [7, 11) is 1.69. The van der Waals surface area contributed by atoms with E-state index < -0.39 is 0 Å². The highest BCUT2D eigenvalue weighted by atomic mass is 16.1. The largest absolute Gasteiger partial charge is 0.358 e. The van der Waals surface area contributed by atoms with Gasteiger partial charge in [-0.05, 0) is 36.9 Å². The van der Waals surface area contributed by atoms with Gasteiger partial charge in [0.2, 0.25) is 5.91 Å². The van der Waals surface area contributed by atoms with Crippen LogP contribution in [-0.2, 0) is 10.2 Å². The van der Waals surface area contributed by atoms with E-state index in [0.29, 0.717) is 6.54 Å². The maximum absolute atomic E-state index is 11.4. The standard InChI is InChI=1S/C15H22N2O/c1-15(13-6-4-3-5-7-13)8-10-17(11-9-15)12-14(18)16-2/h3-7H,8-12H2,1-2H3,(H,16,18). The quantitative estimate of drug-likeness (QED) is 0.882. The Hall–Kier alpha value is -1.35. The number of piperidine rings is 1. The van der Waals surface area contributed by atoms with E-state index in [4.69, 9.17) is 0 Å². The van der Waals surface area contributed by atoms with Crippen molar-refractivity contribution in [2.24, 2.45) is 0 Å². The first-order valence-corrected chi connectivity index (χ1v) is 6.62. The van der Waals surface area contributed by atoms with Crippen molar-refractivity contribution in [1.82, 2.24) is 10.2 Å². The monoisotopic (exact) mass is 246 g/mol. The lowest BCUT2D eigenvalue weighted by atomic mass is 9.74. The predicted octanol–water partition coefficient (Wildman–Crippen LogP) is 1.79. The maximum atomic E-state index is 11.4. The van der Waals surface area contributed by atoms with E-state index in [1.165, 1.54) is 5.56 Å². The molecule has 0 aliphatic carbocycles. The van der Waals surface area contributed by atoms with Gasteiger partial charge < -0.3 is 5.32 Å². The van der Waals surface area contributed by atoms with Crippen molar-refractivity contribution in [3.63, 3.8) is 0 Å². The Bertz CT molecular complexity index is 394. The second kappa shape index (κ2) is 5.53. The molecule has 0 spiro atoms. The number of nitrogens with one attached hydrogen (secondary N) is 1. The molecular weight excluding hydrogens is 224 g/mol. The van der Waals surface area contributed by atoms with E-state index in [0.717, 1.165) is 25.9 Å². The number of rotatable bonds is 3. The number of amides is 1. The Morgan fingerprint density at radius 1 is 1.28 bits per heavy atom. The van der Waals surface area contributed by atoms with Gasteiger partial charge in [0, 0.05) is 7.05 Å². The lowest BCUT2D eigenvalue weighted by molar-refractivity contribution is -0.122. The topological polar surface area (TPSA) is 32.3 Å². The number of hydrogen-bond acceptors (Lipinski definition) is 2. The molecule has 1 aromatic carbocycles. The fourth-order valence-corrected chi connectivity index (χ4v) is 2.62. The summed E-state index contributed by atoms with van der Waals surface area (Å²) in [4.78, 5) is 13.6. The number of carbonyl (C=O) groups excluding carboxylic acids is 1. The Labute approximate surface area is 109 Å². The Morgan fingerprint density at radius 3 is 2.44 bits per heavy atom. The van der Waals surface area contributed by atoms with Crippen molar-refractivity contribution < 1.29 is 4.79 Å². The molecule has 1 aliphatic rings. The molecule has 98 valence electrons. The molecule has 0 radical (unpaired) electrons. The van der Waals surface area contributed by atoms with Crippen molar-refractivity contribution >= 4 is 5.91 Å². The maximum Gasteiger partial charge on any atom is 0.233 e. The second-order valence-corrected chi connectivity index (χ2v) is 5.38. The summed E-state index contributed by atoms with van der Waals surface area (Å²) in [5.74, 6) is 0.110. The SMILES string of the molecule is CNC(=O)CN1CCC(C)(c2ccccc2)CC1. The van der Waals surface area contributed by atoms with E-state index in [1.807, 2.05) is 0 Å². The first-order valence-electron chi connectivity index (χ1n) is 6.62. The molecule has 0 unspecified atom stereocenters. The van der Waals surface area contributed by atoms with E-state index in [-0.39, 0.29) is 11.3 Å². The van der Waals surface area contributed by atoms with Crippen LogP contribution in [0, 0.1) is 0 Å². The van der Waals surface area contributed by atoms with Gasteiger partial charge in [-0.25, -0.2) is 0 Å². The third-order valence-corrected chi connectivity index (χ3v) is 4.08. The molecule has 0 saturated carbocycles. The van der Waals surface area contributed by atoms with E-state index in [2.05, 4.69) is 47.5 Å². The zero-order valence-corrected chi connectivity index (χ0v) is 11.3. The van der Waals surface area contributed by atoms with Crippen LogP contribution >= 0.6 is 0 Å². The van der Waals surface area contributed by atoms with Crippen LogP contribution in [0.2, 0.25) is 0 Å². The highest BCUT2D eigenvalue weighted by Crippen LogP contribution is 2.34. The molecule has 0 aromatic heterocycles. The molecule has 1 aliphatic heterocycles. The molecule has 3 heteroatoms. The summed E-state index contributed by atoms with van der Waals surface area (Å²) in [6, 6.07) is 10.7. The number of nitrogens with zero attached hydrogens (tertiary/aromatic N) is 1. The van der Waals surface area contributed by atoms with E-state index >= 15 is 0 Å². The van der Waals surface area contributed by atoms with Crippen LogP contribution in [0.3, 0.4) is 0 Å². The first kappa shape index (κ1) is 13.1. The van der Waals surface area contributed by atoms with Crippen LogP contribution in [0.4, 0.5) is 0 Å². The molecule has 18 heavy (non-hydrogen) atoms. The average molecular weight is 246 g/mol. The number of likely N-dealkylation sites (N-methyl/N-ethyl adjacent to an activating group) is 1. The molecule has 0 bridgehead atoms. The zero-order valence-electron chi connectivity index (χ0n) is 11.3. The smallest absolute Gasteiger partial charge is 0.233 e. The van der Waals surface area contributed by atoms with Gasteiger partial charge in [-0.15, -0.1) is 0 Å². The molecule has 1 aromatic rings. The highest BCUT2D eigenvalue weighted by molar-refractivity contribution is 5.77. The summed E-state index contributed by atoms with van der Waals surface area (Å²) >= 11 is 0. The minimum absolute atomic E-state index is 0.110.